The average molecular weight is 433 g/mol. The number of hydrogen-bond donors (Lipinski definition) is 0. The summed E-state index contributed by atoms with van der Waals surface area (Å²) in [6.45, 7) is 8.17. The van der Waals surface area contributed by atoms with Gasteiger partial charge in [-0.2, -0.15) is 4.31 Å². The molecule has 2 aromatic rings. The molecule has 0 aliphatic carbocycles. The Morgan fingerprint density at radius 3 is 2.23 bits per heavy atom. The number of carbonyl (C=O) groups is 1. The number of ether oxygens (including phenoxy) is 2. The third kappa shape index (κ3) is 4.44. The Bertz CT molecular complexity index is 985. The van der Waals surface area contributed by atoms with E-state index in [9.17, 15) is 13.2 Å². The number of fused-ring (bicyclic) bond motifs is 1. The summed E-state index contributed by atoms with van der Waals surface area (Å²) in [6, 6.07) is 11.8. The van der Waals surface area contributed by atoms with Crippen molar-refractivity contribution in [2.45, 2.75) is 32.2 Å². The SMILES string of the molecule is CCN(Cc1cccc2c1OCCO2)C(=O)c1ccc(S(=O)(=O)N(CC)CC)cc1. The molecule has 0 spiro atoms. The standard InChI is InChI=1S/C22H28N2O5S/c1-4-23(16-18-8-7-9-20-21(18)29-15-14-28-20)22(25)17-10-12-19(13-11-17)30(26,27)24(5-2)6-3/h7-13H,4-6,14-16H2,1-3H3. The van der Waals surface area contributed by atoms with Gasteiger partial charge in [-0.1, -0.05) is 26.0 Å². The number of carbonyl (C=O) groups excluding carboxylic acids is 1. The van der Waals surface area contributed by atoms with Crippen LogP contribution in [-0.4, -0.2) is 56.4 Å². The van der Waals surface area contributed by atoms with Gasteiger partial charge in [-0.15, -0.1) is 0 Å². The molecule has 30 heavy (non-hydrogen) atoms. The first-order chi connectivity index (χ1) is 14.4. The molecule has 1 amide bonds. The Balaban J connectivity index is 1.80. The summed E-state index contributed by atoms with van der Waals surface area (Å²) in [5.41, 5.74) is 1.32. The van der Waals surface area contributed by atoms with E-state index in [0.717, 1.165) is 5.56 Å². The molecule has 0 saturated carbocycles. The quantitative estimate of drug-likeness (QED) is 0.641. The van der Waals surface area contributed by atoms with Gasteiger partial charge in [-0.05, 0) is 37.3 Å². The molecule has 162 valence electrons. The van der Waals surface area contributed by atoms with Gasteiger partial charge in [-0.3, -0.25) is 4.79 Å². The second kappa shape index (κ2) is 9.49. The van der Waals surface area contributed by atoms with Crippen LogP contribution in [0.25, 0.3) is 0 Å². The number of hydrogen-bond acceptors (Lipinski definition) is 5. The third-order valence-electron chi connectivity index (χ3n) is 5.12. The van der Waals surface area contributed by atoms with Crippen LogP contribution in [0.1, 0.15) is 36.7 Å². The number of benzene rings is 2. The van der Waals surface area contributed by atoms with E-state index in [1.54, 1.807) is 30.9 Å². The van der Waals surface area contributed by atoms with Crippen LogP contribution in [0.15, 0.2) is 47.4 Å². The number of rotatable bonds is 8. The van der Waals surface area contributed by atoms with Gasteiger partial charge in [0, 0.05) is 37.3 Å². The molecular weight excluding hydrogens is 404 g/mol. The fourth-order valence-corrected chi connectivity index (χ4v) is 4.91. The van der Waals surface area contributed by atoms with Crippen LogP contribution in [0.4, 0.5) is 0 Å². The Morgan fingerprint density at radius 2 is 1.60 bits per heavy atom. The molecule has 7 nitrogen and oxygen atoms in total. The Kier molecular flexibility index (Phi) is 6.99. The van der Waals surface area contributed by atoms with Crippen molar-refractivity contribution in [3.05, 3.63) is 53.6 Å². The largest absolute Gasteiger partial charge is 0.486 e. The van der Waals surface area contributed by atoms with Gasteiger partial charge in [0.25, 0.3) is 5.91 Å². The van der Waals surface area contributed by atoms with Gasteiger partial charge in [0.2, 0.25) is 10.0 Å². The van der Waals surface area contributed by atoms with Crippen LogP contribution in [0.3, 0.4) is 0 Å². The van der Waals surface area contributed by atoms with Crippen molar-refractivity contribution in [2.24, 2.45) is 0 Å². The van der Waals surface area contributed by atoms with Crippen molar-refractivity contribution in [1.29, 1.82) is 0 Å². The smallest absolute Gasteiger partial charge is 0.254 e. The van der Waals surface area contributed by atoms with E-state index in [0.29, 0.717) is 56.5 Å². The summed E-state index contributed by atoms with van der Waals surface area (Å²) in [5.74, 6) is 1.20. The van der Waals surface area contributed by atoms with Crippen LogP contribution in [0, 0.1) is 0 Å². The first kappa shape index (κ1) is 22.1. The van der Waals surface area contributed by atoms with Crippen LogP contribution in [0.5, 0.6) is 11.5 Å². The molecule has 0 unspecified atom stereocenters. The fraction of sp³-hybridized carbons (Fsp3) is 0.409. The first-order valence-electron chi connectivity index (χ1n) is 10.2. The highest BCUT2D eigenvalue weighted by Crippen LogP contribution is 2.34. The van der Waals surface area contributed by atoms with Crippen LogP contribution < -0.4 is 9.47 Å². The summed E-state index contributed by atoms with van der Waals surface area (Å²) in [6.07, 6.45) is 0. The number of nitrogens with zero attached hydrogens (tertiary/aromatic N) is 2. The Morgan fingerprint density at radius 1 is 0.933 bits per heavy atom. The van der Waals surface area contributed by atoms with E-state index in [1.807, 2.05) is 25.1 Å². The number of para-hydroxylation sites is 1. The lowest BCUT2D eigenvalue weighted by Crippen LogP contribution is -2.31. The summed E-state index contributed by atoms with van der Waals surface area (Å²) in [5, 5.41) is 0. The molecule has 0 aromatic heterocycles. The lowest BCUT2D eigenvalue weighted by molar-refractivity contribution is 0.0749. The summed E-state index contributed by atoms with van der Waals surface area (Å²) in [7, 11) is -3.55. The van der Waals surface area contributed by atoms with Crippen molar-refractivity contribution >= 4 is 15.9 Å². The maximum absolute atomic E-state index is 13.0. The van der Waals surface area contributed by atoms with E-state index in [1.165, 1.54) is 16.4 Å². The first-order valence-corrected chi connectivity index (χ1v) is 11.6. The van der Waals surface area contributed by atoms with Crippen LogP contribution >= 0.6 is 0 Å². The van der Waals surface area contributed by atoms with Crippen LogP contribution in [0.2, 0.25) is 0 Å². The molecule has 0 bridgehead atoms. The lowest BCUT2D eigenvalue weighted by atomic mass is 10.1. The maximum atomic E-state index is 13.0. The second-order valence-electron chi connectivity index (χ2n) is 6.87. The highest BCUT2D eigenvalue weighted by Gasteiger charge is 2.23. The van der Waals surface area contributed by atoms with Gasteiger partial charge in [0.1, 0.15) is 13.2 Å². The van der Waals surface area contributed by atoms with E-state index in [-0.39, 0.29) is 10.8 Å². The highest BCUT2D eigenvalue weighted by atomic mass is 32.2. The molecule has 0 radical (unpaired) electrons. The van der Waals surface area contributed by atoms with Crippen molar-refractivity contribution in [1.82, 2.24) is 9.21 Å². The maximum Gasteiger partial charge on any atom is 0.254 e. The molecule has 1 aliphatic heterocycles. The van der Waals surface area contributed by atoms with Gasteiger partial charge in [0.05, 0.1) is 4.90 Å². The van der Waals surface area contributed by atoms with Crippen molar-refractivity contribution in [3.8, 4) is 11.5 Å². The van der Waals surface area contributed by atoms with E-state index in [2.05, 4.69) is 0 Å². The highest BCUT2D eigenvalue weighted by molar-refractivity contribution is 7.89. The van der Waals surface area contributed by atoms with Crippen molar-refractivity contribution in [3.63, 3.8) is 0 Å². The average Bonchev–Trinajstić information content (AvgIpc) is 2.77. The second-order valence-corrected chi connectivity index (χ2v) is 8.81. The van der Waals surface area contributed by atoms with Crippen molar-refractivity contribution in [2.75, 3.05) is 32.8 Å². The Hall–Kier alpha value is -2.58. The van der Waals surface area contributed by atoms with E-state index in [4.69, 9.17) is 9.47 Å². The molecule has 3 rings (SSSR count). The van der Waals surface area contributed by atoms with Gasteiger partial charge >= 0.3 is 0 Å². The zero-order chi connectivity index (χ0) is 21.7. The summed E-state index contributed by atoms with van der Waals surface area (Å²) >= 11 is 0. The molecule has 0 fully saturated rings. The molecule has 0 atom stereocenters. The molecule has 8 heteroatoms. The monoisotopic (exact) mass is 432 g/mol. The molecule has 1 heterocycles. The van der Waals surface area contributed by atoms with Gasteiger partial charge < -0.3 is 14.4 Å². The summed E-state index contributed by atoms with van der Waals surface area (Å²) < 4.78 is 38.1. The van der Waals surface area contributed by atoms with Gasteiger partial charge in [-0.25, -0.2) is 8.42 Å². The lowest BCUT2D eigenvalue weighted by Gasteiger charge is -2.25. The summed E-state index contributed by atoms with van der Waals surface area (Å²) in [4.78, 5) is 14.9. The van der Waals surface area contributed by atoms with E-state index >= 15 is 0 Å². The molecule has 0 N–H and O–H groups in total. The zero-order valence-corrected chi connectivity index (χ0v) is 18.4. The van der Waals surface area contributed by atoms with Crippen LogP contribution in [-0.2, 0) is 16.6 Å². The van der Waals surface area contributed by atoms with E-state index < -0.39 is 10.0 Å². The minimum absolute atomic E-state index is 0.168. The molecular formula is C22H28N2O5S. The zero-order valence-electron chi connectivity index (χ0n) is 17.6. The third-order valence-corrected chi connectivity index (χ3v) is 7.19. The minimum atomic E-state index is -3.55. The number of amides is 1. The topological polar surface area (TPSA) is 76.1 Å². The van der Waals surface area contributed by atoms with Gasteiger partial charge in [0.15, 0.2) is 11.5 Å². The fourth-order valence-electron chi connectivity index (χ4n) is 3.46. The predicted molar refractivity (Wildman–Crippen MR) is 114 cm³/mol. The predicted octanol–water partition coefficient (Wildman–Crippen LogP) is 3.15. The number of sulfonamides is 1. The normalized spacial score (nSPS) is 13.3. The van der Waals surface area contributed by atoms with Crippen molar-refractivity contribution < 1.29 is 22.7 Å². The molecule has 0 saturated heterocycles. The minimum Gasteiger partial charge on any atom is -0.486 e. The molecule has 2 aromatic carbocycles. The Labute approximate surface area is 178 Å². The molecule has 1 aliphatic rings.